The molecule has 0 aliphatic carbocycles. The Kier molecular flexibility index (Phi) is 4.58. The SMILES string of the molecule is Cc1cccc(C(=O)NC[C@@H](c2ccco2)N(C)C)c1. The zero-order valence-corrected chi connectivity index (χ0v) is 12.1. The molecule has 1 N–H and O–H groups in total. The number of carbonyl (C=O) groups excluding carboxylic acids is 1. The molecule has 0 saturated carbocycles. The van der Waals surface area contributed by atoms with Crippen LogP contribution in [-0.2, 0) is 0 Å². The molecule has 0 spiro atoms. The molecule has 20 heavy (non-hydrogen) atoms. The minimum atomic E-state index is -0.0629. The predicted molar refractivity (Wildman–Crippen MR) is 78.6 cm³/mol. The number of benzene rings is 1. The fraction of sp³-hybridized carbons (Fsp3) is 0.312. The van der Waals surface area contributed by atoms with Crippen molar-refractivity contribution < 1.29 is 9.21 Å². The van der Waals surface area contributed by atoms with E-state index >= 15 is 0 Å². The molecule has 1 aromatic carbocycles. The van der Waals surface area contributed by atoms with Crippen LogP contribution in [0.3, 0.4) is 0 Å². The van der Waals surface area contributed by atoms with E-state index in [2.05, 4.69) is 5.32 Å². The summed E-state index contributed by atoms with van der Waals surface area (Å²) in [4.78, 5) is 14.2. The Balaban J connectivity index is 2.01. The molecule has 2 rings (SSSR count). The number of likely N-dealkylation sites (N-methyl/N-ethyl adjacent to an activating group) is 1. The lowest BCUT2D eigenvalue weighted by Gasteiger charge is -2.22. The largest absolute Gasteiger partial charge is 0.468 e. The molecule has 4 heteroatoms. The number of nitrogens with zero attached hydrogens (tertiary/aromatic N) is 1. The van der Waals surface area contributed by atoms with Gasteiger partial charge in [-0.15, -0.1) is 0 Å². The number of amides is 1. The van der Waals surface area contributed by atoms with Gasteiger partial charge in [-0.2, -0.15) is 0 Å². The van der Waals surface area contributed by atoms with Crippen LogP contribution in [0, 0.1) is 6.92 Å². The van der Waals surface area contributed by atoms with Crippen molar-refractivity contribution in [2.45, 2.75) is 13.0 Å². The average Bonchev–Trinajstić information content (AvgIpc) is 2.92. The molecule has 0 saturated heterocycles. The Morgan fingerprint density at radius 2 is 2.10 bits per heavy atom. The summed E-state index contributed by atoms with van der Waals surface area (Å²) in [5.41, 5.74) is 1.76. The average molecular weight is 272 g/mol. The minimum Gasteiger partial charge on any atom is -0.468 e. The topological polar surface area (TPSA) is 45.5 Å². The molecular formula is C16H20N2O2. The van der Waals surface area contributed by atoms with Crippen LogP contribution >= 0.6 is 0 Å². The van der Waals surface area contributed by atoms with Crippen molar-refractivity contribution in [1.82, 2.24) is 10.2 Å². The Morgan fingerprint density at radius 3 is 2.70 bits per heavy atom. The predicted octanol–water partition coefficient (Wildman–Crippen LogP) is 2.62. The third-order valence-corrected chi connectivity index (χ3v) is 3.23. The number of nitrogens with one attached hydrogen (secondary N) is 1. The van der Waals surface area contributed by atoms with Crippen molar-refractivity contribution in [3.05, 3.63) is 59.5 Å². The number of rotatable bonds is 5. The molecule has 1 aromatic heterocycles. The summed E-state index contributed by atoms with van der Waals surface area (Å²) in [5.74, 6) is 0.784. The van der Waals surface area contributed by atoms with Gasteiger partial charge < -0.3 is 9.73 Å². The third kappa shape index (κ3) is 3.48. The van der Waals surface area contributed by atoms with Crippen molar-refractivity contribution in [2.24, 2.45) is 0 Å². The van der Waals surface area contributed by atoms with Crippen LogP contribution < -0.4 is 5.32 Å². The lowest BCUT2D eigenvalue weighted by atomic mass is 10.1. The van der Waals surface area contributed by atoms with E-state index in [1.807, 2.05) is 62.3 Å². The van der Waals surface area contributed by atoms with Gasteiger partial charge in [-0.05, 0) is 45.3 Å². The molecular weight excluding hydrogens is 252 g/mol. The monoisotopic (exact) mass is 272 g/mol. The molecule has 4 nitrogen and oxygen atoms in total. The zero-order chi connectivity index (χ0) is 14.5. The Morgan fingerprint density at radius 1 is 1.30 bits per heavy atom. The van der Waals surface area contributed by atoms with Gasteiger partial charge in [-0.1, -0.05) is 17.7 Å². The second-order valence-electron chi connectivity index (χ2n) is 5.07. The normalized spacial score (nSPS) is 12.4. The summed E-state index contributed by atoms with van der Waals surface area (Å²) in [6.07, 6.45) is 1.65. The fourth-order valence-corrected chi connectivity index (χ4v) is 2.10. The molecule has 2 aromatic rings. The van der Waals surface area contributed by atoms with Crippen molar-refractivity contribution in [3.63, 3.8) is 0 Å². The molecule has 0 aliphatic heterocycles. The molecule has 106 valence electrons. The molecule has 0 unspecified atom stereocenters. The quantitative estimate of drug-likeness (QED) is 0.910. The van der Waals surface area contributed by atoms with E-state index in [9.17, 15) is 4.79 Å². The smallest absolute Gasteiger partial charge is 0.251 e. The van der Waals surface area contributed by atoms with Gasteiger partial charge in [0.05, 0.1) is 12.3 Å². The van der Waals surface area contributed by atoms with Crippen LogP contribution in [0.15, 0.2) is 47.1 Å². The van der Waals surface area contributed by atoms with Gasteiger partial charge in [0, 0.05) is 12.1 Å². The van der Waals surface area contributed by atoms with E-state index in [4.69, 9.17) is 4.42 Å². The Labute approximate surface area is 119 Å². The molecule has 1 amide bonds. The standard InChI is InChI=1S/C16H20N2O2/c1-12-6-4-7-13(10-12)16(19)17-11-14(18(2)3)15-8-5-9-20-15/h4-10,14H,11H2,1-3H3,(H,17,19)/t14-/m0/s1. The summed E-state index contributed by atoms with van der Waals surface area (Å²) in [5, 5.41) is 2.96. The van der Waals surface area contributed by atoms with E-state index in [1.54, 1.807) is 6.26 Å². The van der Waals surface area contributed by atoms with Gasteiger partial charge in [-0.3, -0.25) is 9.69 Å². The van der Waals surface area contributed by atoms with Gasteiger partial charge in [0.2, 0.25) is 0 Å². The highest BCUT2D eigenvalue weighted by Gasteiger charge is 2.18. The van der Waals surface area contributed by atoms with Gasteiger partial charge in [0.25, 0.3) is 5.91 Å². The van der Waals surface area contributed by atoms with E-state index in [1.165, 1.54) is 0 Å². The van der Waals surface area contributed by atoms with Crippen LogP contribution in [0.25, 0.3) is 0 Å². The zero-order valence-electron chi connectivity index (χ0n) is 12.1. The third-order valence-electron chi connectivity index (χ3n) is 3.23. The summed E-state index contributed by atoms with van der Waals surface area (Å²) in [6.45, 7) is 2.48. The van der Waals surface area contributed by atoms with Gasteiger partial charge in [0.15, 0.2) is 0 Å². The first-order valence-electron chi connectivity index (χ1n) is 6.62. The van der Waals surface area contributed by atoms with Crippen molar-refractivity contribution in [3.8, 4) is 0 Å². The maximum Gasteiger partial charge on any atom is 0.251 e. The van der Waals surface area contributed by atoms with Gasteiger partial charge in [0.1, 0.15) is 5.76 Å². The Bertz CT molecular complexity index is 562. The van der Waals surface area contributed by atoms with E-state index in [0.29, 0.717) is 12.1 Å². The number of hydrogen-bond donors (Lipinski definition) is 1. The number of hydrogen-bond acceptors (Lipinski definition) is 3. The maximum atomic E-state index is 12.1. The fourth-order valence-electron chi connectivity index (χ4n) is 2.10. The lowest BCUT2D eigenvalue weighted by Crippen LogP contribution is -2.34. The highest BCUT2D eigenvalue weighted by molar-refractivity contribution is 5.94. The summed E-state index contributed by atoms with van der Waals surface area (Å²) in [7, 11) is 3.93. The van der Waals surface area contributed by atoms with Crippen molar-refractivity contribution in [2.75, 3.05) is 20.6 Å². The first-order valence-corrected chi connectivity index (χ1v) is 6.62. The van der Waals surface area contributed by atoms with Crippen LogP contribution in [0.2, 0.25) is 0 Å². The van der Waals surface area contributed by atoms with Crippen LogP contribution in [0.1, 0.15) is 27.7 Å². The minimum absolute atomic E-state index is 0.0266. The lowest BCUT2D eigenvalue weighted by molar-refractivity contribution is 0.0939. The first-order chi connectivity index (χ1) is 9.58. The second kappa shape index (κ2) is 6.39. The molecule has 0 aliphatic rings. The Hall–Kier alpha value is -2.07. The molecule has 0 radical (unpaired) electrons. The molecule has 0 fully saturated rings. The van der Waals surface area contributed by atoms with Crippen molar-refractivity contribution >= 4 is 5.91 Å². The number of carbonyl (C=O) groups is 1. The molecule has 1 heterocycles. The number of aryl methyl sites for hydroxylation is 1. The van der Waals surface area contributed by atoms with Crippen LogP contribution in [0.4, 0.5) is 0 Å². The molecule has 1 atom stereocenters. The summed E-state index contributed by atoms with van der Waals surface area (Å²) < 4.78 is 5.42. The van der Waals surface area contributed by atoms with E-state index in [0.717, 1.165) is 11.3 Å². The highest BCUT2D eigenvalue weighted by atomic mass is 16.3. The summed E-state index contributed by atoms with van der Waals surface area (Å²) >= 11 is 0. The van der Waals surface area contributed by atoms with Gasteiger partial charge in [-0.25, -0.2) is 0 Å². The number of furan rings is 1. The van der Waals surface area contributed by atoms with Crippen molar-refractivity contribution in [1.29, 1.82) is 0 Å². The van der Waals surface area contributed by atoms with E-state index < -0.39 is 0 Å². The second-order valence-corrected chi connectivity index (χ2v) is 5.07. The van der Waals surface area contributed by atoms with Crippen LogP contribution in [-0.4, -0.2) is 31.4 Å². The van der Waals surface area contributed by atoms with E-state index in [-0.39, 0.29) is 11.9 Å². The maximum absolute atomic E-state index is 12.1. The summed E-state index contributed by atoms with van der Waals surface area (Å²) in [6, 6.07) is 11.4. The van der Waals surface area contributed by atoms with Crippen LogP contribution in [0.5, 0.6) is 0 Å². The molecule has 0 bridgehead atoms. The first kappa shape index (κ1) is 14.3. The highest BCUT2D eigenvalue weighted by Crippen LogP contribution is 2.17. The van der Waals surface area contributed by atoms with Gasteiger partial charge >= 0.3 is 0 Å².